The monoisotopic (exact) mass is 319 g/mol. The Bertz CT molecular complexity index is 880. The van der Waals surface area contributed by atoms with Crippen molar-refractivity contribution in [1.29, 1.82) is 5.26 Å². The van der Waals surface area contributed by atoms with Crippen molar-refractivity contribution in [2.24, 2.45) is 0 Å². The van der Waals surface area contributed by atoms with Crippen molar-refractivity contribution in [3.05, 3.63) is 58.6 Å². The van der Waals surface area contributed by atoms with Gasteiger partial charge in [0.2, 0.25) is 0 Å². The Morgan fingerprint density at radius 1 is 1.29 bits per heavy atom. The third-order valence-corrected chi connectivity index (χ3v) is 3.69. The minimum absolute atomic E-state index is 0.146. The molecule has 1 aromatic heterocycles. The standard InChI is InChI=1S/C15H8Cl2FN3/c16-7-14-20-15-11(17)2-1-3-13(15)21(14)12-5-4-10(18)6-9(12)8-19/h1-6H,7H2. The fourth-order valence-electron chi connectivity index (χ4n) is 2.26. The van der Waals surface area contributed by atoms with Crippen molar-refractivity contribution in [2.75, 3.05) is 0 Å². The van der Waals surface area contributed by atoms with Crippen LogP contribution in [0, 0.1) is 17.1 Å². The lowest BCUT2D eigenvalue weighted by molar-refractivity contribution is 0.627. The van der Waals surface area contributed by atoms with E-state index in [-0.39, 0.29) is 11.4 Å². The van der Waals surface area contributed by atoms with Gasteiger partial charge in [-0.1, -0.05) is 17.7 Å². The Balaban J connectivity index is 2.40. The van der Waals surface area contributed by atoms with E-state index in [0.29, 0.717) is 22.1 Å². The molecule has 0 aliphatic rings. The molecule has 0 radical (unpaired) electrons. The summed E-state index contributed by atoms with van der Waals surface area (Å²) < 4.78 is 15.0. The van der Waals surface area contributed by atoms with E-state index in [1.165, 1.54) is 18.2 Å². The molecule has 0 aliphatic carbocycles. The average molecular weight is 320 g/mol. The largest absolute Gasteiger partial charge is 0.294 e. The molecule has 0 saturated heterocycles. The first-order valence-electron chi connectivity index (χ1n) is 6.07. The van der Waals surface area contributed by atoms with Gasteiger partial charge in [0.15, 0.2) is 0 Å². The number of halogens is 3. The van der Waals surface area contributed by atoms with Gasteiger partial charge in [-0.25, -0.2) is 9.37 Å². The van der Waals surface area contributed by atoms with Gasteiger partial charge in [-0.3, -0.25) is 4.57 Å². The van der Waals surface area contributed by atoms with Crippen LogP contribution in [0.25, 0.3) is 16.7 Å². The summed E-state index contributed by atoms with van der Waals surface area (Å²) in [6.07, 6.45) is 0. The highest BCUT2D eigenvalue weighted by Crippen LogP contribution is 2.29. The van der Waals surface area contributed by atoms with Gasteiger partial charge >= 0.3 is 0 Å². The molecule has 0 fully saturated rings. The van der Waals surface area contributed by atoms with E-state index in [9.17, 15) is 9.65 Å². The van der Waals surface area contributed by atoms with E-state index in [4.69, 9.17) is 23.2 Å². The number of aromatic nitrogens is 2. The zero-order valence-corrected chi connectivity index (χ0v) is 12.2. The van der Waals surface area contributed by atoms with Gasteiger partial charge in [-0.2, -0.15) is 5.26 Å². The van der Waals surface area contributed by atoms with Crippen LogP contribution in [0.4, 0.5) is 4.39 Å². The Morgan fingerprint density at radius 2 is 2.10 bits per heavy atom. The molecule has 0 N–H and O–H groups in total. The van der Waals surface area contributed by atoms with Gasteiger partial charge < -0.3 is 0 Å². The van der Waals surface area contributed by atoms with Crippen LogP contribution in [-0.4, -0.2) is 9.55 Å². The zero-order valence-electron chi connectivity index (χ0n) is 10.6. The quantitative estimate of drug-likeness (QED) is 0.656. The smallest absolute Gasteiger partial charge is 0.129 e. The first-order valence-corrected chi connectivity index (χ1v) is 6.98. The van der Waals surface area contributed by atoms with E-state index in [1.807, 2.05) is 12.1 Å². The molecule has 3 nitrogen and oxygen atoms in total. The number of hydrogen-bond donors (Lipinski definition) is 0. The zero-order chi connectivity index (χ0) is 15.0. The first-order chi connectivity index (χ1) is 10.2. The molecule has 104 valence electrons. The van der Waals surface area contributed by atoms with Crippen LogP contribution < -0.4 is 0 Å². The fourth-order valence-corrected chi connectivity index (χ4v) is 2.66. The normalized spacial score (nSPS) is 10.8. The molecule has 21 heavy (non-hydrogen) atoms. The summed E-state index contributed by atoms with van der Waals surface area (Å²) in [5.41, 5.74) is 2.06. The maximum Gasteiger partial charge on any atom is 0.129 e. The van der Waals surface area contributed by atoms with Crippen LogP contribution in [0.5, 0.6) is 0 Å². The highest BCUT2D eigenvalue weighted by Gasteiger charge is 2.16. The molecule has 0 atom stereocenters. The van der Waals surface area contributed by atoms with Crippen LogP contribution in [0.3, 0.4) is 0 Å². The number of hydrogen-bond acceptors (Lipinski definition) is 2. The highest BCUT2D eigenvalue weighted by molar-refractivity contribution is 6.35. The van der Waals surface area contributed by atoms with Crippen LogP contribution in [-0.2, 0) is 5.88 Å². The molecule has 0 bridgehead atoms. The molecule has 0 saturated carbocycles. The number of rotatable bonds is 2. The summed E-state index contributed by atoms with van der Waals surface area (Å²) in [5, 5.41) is 9.72. The lowest BCUT2D eigenvalue weighted by Gasteiger charge is -2.09. The third-order valence-electron chi connectivity index (χ3n) is 3.14. The molecule has 0 amide bonds. The summed E-state index contributed by atoms with van der Waals surface area (Å²) in [6.45, 7) is 0. The van der Waals surface area contributed by atoms with E-state index in [2.05, 4.69) is 4.98 Å². The van der Waals surface area contributed by atoms with Gasteiger partial charge in [0.1, 0.15) is 23.2 Å². The molecule has 3 aromatic rings. The second kappa shape index (κ2) is 5.36. The summed E-state index contributed by atoms with van der Waals surface area (Å²) in [5.74, 6) is 0.223. The highest BCUT2D eigenvalue weighted by atomic mass is 35.5. The Labute approximate surface area is 130 Å². The number of para-hydroxylation sites is 1. The van der Waals surface area contributed by atoms with Crippen molar-refractivity contribution in [3.63, 3.8) is 0 Å². The Morgan fingerprint density at radius 3 is 2.81 bits per heavy atom. The molecule has 6 heteroatoms. The fraction of sp³-hybridized carbons (Fsp3) is 0.0667. The lowest BCUT2D eigenvalue weighted by Crippen LogP contribution is -2.02. The van der Waals surface area contributed by atoms with Crippen molar-refractivity contribution >= 4 is 34.2 Å². The molecule has 0 unspecified atom stereocenters. The summed E-state index contributed by atoms with van der Waals surface area (Å²) >= 11 is 12.1. The molecule has 0 aliphatic heterocycles. The molecule has 2 aromatic carbocycles. The maximum absolute atomic E-state index is 13.3. The van der Waals surface area contributed by atoms with E-state index >= 15 is 0 Å². The maximum atomic E-state index is 13.3. The topological polar surface area (TPSA) is 41.6 Å². The van der Waals surface area contributed by atoms with Gasteiger partial charge in [-0.15, -0.1) is 11.6 Å². The second-order valence-electron chi connectivity index (χ2n) is 4.38. The number of benzene rings is 2. The van der Waals surface area contributed by atoms with Crippen LogP contribution in [0.15, 0.2) is 36.4 Å². The number of imidazole rings is 1. The summed E-state index contributed by atoms with van der Waals surface area (Å²) in [7, 11) is 0. The van der Waals surface area contributed by atoms with Crippen molar-refractivity contribution < 1.29 is 4.39 Å². The van der Waals surface area contributed by atoms with E-state index in [1.54, 1.807) is 16.7 Å². The van der Waals surface area contributed by atoms with Crippen molar-refractivity contribution in [2.45, 2.75) is 5.88 Å². The minimum Gasteiger partial charge on any atom is -0.294 e. The minimum atomic E-state index is -0.467. The molecular formula is C15H8Cl2FN3. The van der Waals surface area contributed by atoms with Crippen molar-refractivity contribution in [3.8, 4) is 11.8 Å². The second-order valence-corrected chi connectivity index (χ2v) is 5.05. The molecule has 1 heterocycles. The number of fused-ring (bicyclic) bond motifs is 1. The van der Waals surface area contributed by atoms with Gasteiger partial charge in [-0.05, 0) is 30.3 Å². The molecule has 3 rings (SSSR count). The van der Waals surface area contributed by atoms with Crippen LogP contribution >= 0.6 is 23.2 Å². The summed E-state index contributed by atoms with van der Waals surface area (Å²) in [4.78, 5) is 4.40. The lowest BCUT2D eigenvalue weighted by atomic mass is 10.2. The van der Waals surface area contributed by atoms with Gasteiger partial charge in [0.25, 0.3) is 0 Å². The van der Waals surface area contributed by atoms with E-state index in [0.717, 1.165) is 5.52 Å². The van der Waals surface area contributed by atoms with Crippen LogP contribution in [0.2, 0.25) is 5.02 Å². The molecular weight excluding hydrogens is 312 g/mol. The number of nitriles is 1. The van der Waals surface area contributed by atoms with E-state index < -0.39 is 5.82 Å². The van der Waals surface area contributed by atoms with Gasteiger partial charge in [0.05, 0.1) is 27.7 Å². The predicted octanol–water partition coefficient (Wildman–Crippen LogP) is 4.43. The predicted molar refractivity (Wildman–Crippen MR) is 80.3 cm³/mol. The Hall–Kier alpha value is -2.09. The first kappa shape index (κ1) is 13.9. The van der Waals surface area contributed by atoms with Crippen LogP contribution in [0.1, 0.15) is 11.4 Å². The van der Waals surface area contributed by atoms with Crippen molar-refractivity contribution in [1.82, 2.24) is 9.55 Å². The Kier molecular flexibility index (Phi) is 3.54. The average Bonchev–Trinajstić information content (AvgIpc) is 2.87. The number of nitrogens with zero attached hydrogens (tertiary/aromatic N) is 3. The third kappa shape index (κ3) is 2.25. The van der Waals surface area contributed by atoms with Gasteiger partial charge in [0, 0.05) is 0 Å². The summed E-state index contributed by atoms with van der Waals surface area (Å²) in [6, 6.07) is 11.4. The number of alkyl halides is 1. The molecule has 0 spiro atoms. The SMILES string of the molecule is N#Cc1cc(F)ccc1-n1c(CCl)nc2c(Cl)cccc21.